The van der Waals surface area contributed by atoms with E-state index in [1.54, 1.807) is 0 Å². The molecule has 7 nitrogen and oxygen atoms in total. The van der Waals surface area contributed by atoms with Gasteiger partial charge < -0.3 is 20.9 Å². The first-order chi connectivity index (χ1) is 18.9. The Morgan fingerprint density at radius 1 is 0.949 bits per heavy atom. The van der Waals surface area contributed by atoms with Crippen LogP contribution in [0, 0.1) is 13.8 Å². The van der Waals surface area contributed by atoms with Crippen LogP contribution in [0.3, 0.4) is 0 Å². The molecule has 2 aromatic heterocycles. The Balaban J connectivity index is 0.000000826. The quantitative estimate of drug-likeness (QED) is 0.221. The smallest absolute Gasteiger partial charge is 0.227 e. The third-order valence-electron chi connectivity index (χ3n) is 7.17. The van der Waals surface area contributed by atoms with Crippen LogP contribution in [0.15, 0.2) is 48.8 Å². The average molecular weight is 528 g/mol. The third-order valence-corrected chi connectivity index (χ3v) is 7.17. The SMILES string of the molecule is CCCN.Cc1cc(C)cc(-c2ccc(CNc3nc(NC4CCCCC4)nc4c3ncn4C(C)C)cc2)c1. The van der Waals surface area contributed by atoms with Crippen LogP contribution in [-0.4, -0.2) is 32.1 Å². The summed E-state index contributed by atoms with van der Waals surface area (Å²) in [6.07, 6.45) is 9.20. The third kappa shape index (κ3) is 7.57. The number of hydrogen-bond donors (Lipinski definition) is 3. The van der Waals surface area contributed by atoms with E-state index in [2.05, 4.69) is 97.3 Å². The zero-order chi connectivity index (χ0) is 27.8. The Morgan fingerprint density at radius 2 is 1.62 bits per heavy atom. The van der Waals surface area contributed by atoms with Gasteiger partial charge in [-0.1, -0.05) is 79.8 Å². The Hall–Kier alpha value is -3.45. The molecule has 208 valence electrons. The molecule has 1 aliphatic rings. The molecule has 4 N–H and O–H groups in total. The lowest BCUT2D eigenvalue weighted by Crippen LogP contribution is -2.24. The van der Waals surface area contributed by atoms with Crippen LogP contribution >= 0.6 is 0 Å². The number of nitrogens with one attached hydrogen (secondary N) is 2. The van der Waals surface area contributed by atoms with Crippen molar-refractivity contribution in [1.82, 2.24) is 19.5 Å². The predicted octanol–water partition coefficient (Wildman–Crippen LogP) is 7.40. The molecule has 1 saturated carbocycles. The van der Waals surface area contributed by atoms with E-state index in [-0.39, 0.29) is 6.04 Å². The lowest BCUT2D eigenvalue weighted by atomic mass is 9.96. The molecule has 0 spiro atoms. The first kappa shape index (κ1) is 28.6. The highest BCUT2D eigenvalue weighted by Gasteiger charge is 2.18. The topological polar surface area (TPSA) is 93.7 Å². The molecular weight excluding hydrogens is 482 g/mol. The zero-order valence-electron chi connectivity index (χ0n) is 24.3. The second kappa shape index (κ2) is 13.6. The lowest BCUT2D eigenvalue weighted by Gasteiger charge is -2.23. The number of fused-ring (bicyclic) bond motifs is 1. The molecule has 7 heteroatoms. The summed E-state index contributed by atoms with van der Waals surface area (Å²) in [5, 5.41) is 7.14. The molecule has 0 atom stereocenters. The van der Waals surface area contributed by atoms with Crippen LogP contribution < -0.4 is 16.4 Å². The maximum atomic E-state index is 5.03. The van der Waals surface area contributed by atoms with Crippen molar-refractivity contribution >= 4 is 22.9 Å². The van der Waals surface area contributed by atoms with Gasteiger partial charge in [0.2, 0.25) is 5.95 Å². The number of hydrogen-bond acceptors (Lipinski definition) is 6. The first-order valence-electron chi connectivity index (χ1n) is 14.5. The Morgan fingerprint density at radius 3 is 2.23 bits per heavy atom. The molecular formula is C32H45N7. The molecule has 0 unspecified atom stereocenters. The Kier molecular flexibility index (Phi) is 9.93. The fourth-order valence-electron chi connectivity index (χ4n) is 5.05. The molecule has 0 saturated heterocycles. The summed E-state index contributed by atoms with van der Waals surface area (Å²) in [5.74, 6) is 1.48. The average Bonchev–Trinajstić information content (AvgIpc) is 3.37. The molecule has 0 radical (unpaired) electrons. The Bertz CT molecular complexity index is 1310. The van der Waals surface area contributed by atoms with E-state index in [0.29, 0.717) is 18.5 Å². The van der Waals surface area contributed by atoms with Gasteiger partial charge in [0.25, 0.3) is 0 Å². The molecule has 1 fully saturated rings. The van der Waals surface area contributed by atoms with Crippen molar-refractivity contribution in [1.29, 1.82) is 0 Å². The normalized spacial score (nSPS) is 13.8. The van der Waals surface area contributed by atoms with Gasteiger partial charge in [-0.2, -0.15) is 9.97 Å². The molecule has 2 heterocycles. The summed E-state index contributed by atoms with van der Waals surface area (Å²) >= 11 is 0. The number of anilines is 2. The van der Waals surface area contributed by atoms with E-state index >= 15 is 0 Å². The van der Waals surface area contributed by atoms with E-state index in [1.807, 2.05) is 6.33 Å². The minimum atomic E-state index is 0.281. The predicted molar refractivity (Wildman–Crippen MR) is 164 cm³/mol. The van der Waals surface area contributed by atoms with Crippen LogP contribution in [0.1, 0.15) is 82.0 Å². The number of imidazole rings is 1. The van der Waals surface area contributed by atoms with Crippen molar-refractivity contribution < 1.29 is 0 Å². The highest BCUT2D eigenvalue weighted by atomic mass is 15.2. The van der Waals surface area contributed by atoms with Crippen LogP contribution in [0.4, 0.5) is 11.8 Å². The van der Waals surface area contributed by atoms with Gasteiger partial charge in [-0.3, -0.25) is 0 Å². The van der Waals surface area contributed by atoms with Gasteiger partial charge in [0, 0.05) is 18.6 Å². The minimum Gasteiger partial charge on any atom is -0.364 e. The molecule has 1 aliphatic carbocycles. The van der Waals surface area contributed by atoms with Gasteiger partial charge in [0.15, 0.2) is 17.0 Å². The van der Waals surface area contributed by atoms with Crippen LogP contribution in [0.2, 0.25) is 0 Å². The molecule has 5 rings (SSSR count). The maximum absolute atomic E-state index is 5.03. The summed E-state index contributed by atoms with van der Waals surface area (Å²) in [5.41, 5.74) is 13.0. The largest absolute Gasteiger partial charge is 0.364 e. The van der Waals surface area contributed by atoms with Crippen molar-refractivity contribution in [2.75, 3.05) is 17.2 Å². The first-order valence-corrected chi connectivity index (χ1v) is 14.5. The molecule has 4 aromatic rings. The maximum Gasteiger partial charge on any atom is 0.227 e. The number of nitrogens with zero attached hydrogens (tertiary/aromatic N) is 4. The summed E-state index contributed by atoms with van der Waals surface area (Å²) in [6.45, 7) is 12.2. The van der Waals surface area contributed by atoms with E-state index < -0.39 is 0 Å². The summed E-state index contributed by atoms with van der Waals surface area (Å²) in [6, 6.07) is 16.2. The van der Waals surface area contributed by atoms with E-state index in [0.717, 1.165) is 29.9 Å². The number of rotatable bonds is 8. The summed E-state index contributed by atoms with van der Waals surface area (Å²) in [4.78, 5) is 14.4. The number of aromatic nitrogens is 4. The van der Waals surface area contributed by atoms with Crippen molar-refractivity contribution in [3.8, 4) is 11.1 Å². The zero-order valence-corrected chi connectivity index (χ0v) is 24.3. The molecule has 2 aromatic carbocycles. The highest BCUT2D eigenvalue weighted by Crippen LogP contribution is 2.27. The highest BCUT2D eigenvalue weighted by molar-refractivity contribution is 5.84. The van der Waals surface area contributed by atoms with Crippen molar-refractivity contribution in [2.45, 2.75) is 91.8 Å². The van der Waals surface area contributed by atoms with Gasteiger partial charge in [-0.15, -0.1) is 0 Å². The number of nitrogens with two attached hydrogens (primary N) is 1. The second-order valence-electron chi connectivity index (χ2n) is 11.0. The molecule has 0 bridgehead atoms. The molecule has 39 heavy (non-hydrogen) atoms. The molecule has 0 aliphatic heterocycles. The van der Waals surface area contributed by atoms with Gasteiger partial charge in [-0.25, -0.2) is 4.98 Å². The second-order valence-corrected chi connectivity index (χ2v) is 11.0. The molecule has 0 amide bonds. The van der Waals surface area contributed by atoms with Gasteiger partial charge in [-0.05, 0) is 70.2 Å². The Labute approximate surface area is 233 Å². The van der Waals surface area contributed by atoms with Crippen LogP contribution in [-0.2, 0) is 6.54 Å². The van der Waals surface area contributed by atoms with Gasteiger partial charge in [0.1, 0.15) is 0 Å². The van der Waals surface area contributed by atoms with Crippen LogP contribution in [0.25, 0.3) is 22.3 Å². The number of aryl methyl sites for hydroxylation is 2. The van der Waals surface area contributed by atoms with Gasteiger partial charge >= 0.3 is 0 Å². The van der Waals surface area contributed by atoms with E-state index in [9.17, 15) is 0 Å². The van der Waals surface area contributed by atoms with Crippen molar-refractivity contribution in [3.63, 3.8) is 0 Å². The van der Waals surface area contributed by atoms with Gasteiger partial charge in [0.05, 0.1) is 6.33 Å². The fourth-order valence-corrected chi connectivity index (χ4v) is 5.05. The van der Waals surface area contributed by atoms with Crippen molar-refractivity contribution in [2.24, 2.45) is 5.73 Å². The van der Waals surface area contributed by atoms with E-state index in [1.165, 1.54) is 59.9 Å². The number of benzene rings is 2. The van der Waals surface area contributed by atoms with Crippen LogP contribution in [0.5, 0.6) is 0 Å². The minimum absolute atomic E-state index is 0.281. The lowest BCUT2D eigenvalue weighted by molar-refractivity contribution is 0.461. The van der Waals surface area contributed by atoms with Crippen molar-refractivity contribution in [3.05, 3.63) is 65.5 Å². The summed E-state index contributed by atoms with van der Waals surface area (Å²) in [7, 11) is 0. The van der Waals surface area contributed by atoms with E-state index in [4.69, 9.17) is 15.7 Å². The fraction of sp³-hybridized carbons (Fsp3) is 0.469. The summed E-state index contributed by atoms with van der Waals surface area (Å²) < 4.78 is 2.12. The monoisotopic (exact) mass is 527 g/mol. The standard InChI is InChI=1S/C29H36N6.C3H9N/c1-19(2)35-18-31-26-27(33-29(34-28(26)35)32-25-8-6-5-7-9-25)30-17-22-10-12-23(13-11-22)24-15-20(3)14-21(4)16-24;1-2-3-4/h10-16,18-19,25H,5-9,17H2,1-4H3,(H2,30,32,33,34);2-4H2,1H3.